The highest BCUT2D eigenvalue weighted by Crippen LogP contribution is 2.48. The molecular weight excluding hydrogens is 501 g/mol. The SMILES string of the molecule is CCCC1(F)CC(NC(=O)C(=O)c2c(C)c(C(=O)Nc3ccc(F)c(F)c3)n3c2CCC3)(C(=O)N(C)C)C1. The zero-order valence-corrected chi connectivity index (χ0v) is 21.8. The third kappa shape index (κ3) is 4.69. The molecule has 1 saturated carbocycles. The van der Waals surface area contributed by atoms with Gasteiger partial charge < -0.3 is 20.1 Å². The van der Waals surface area contributed by atoms with E-state index in [2.05, 4.69) is 10.6 Å². The molecule has 2 aromatic rings. The molecule has 4 rings (SSSR count). The Hall–Kier alpha value is -3.63. The van der Waals surface area contributed by atoms with Gasteiger partial charge in [0.2, 0.25) is 5.91 Å². The molecule has 1 aliphatic heterocycles. The molecule has 0 spiro atoms. The van der Waals surface area contributed by atoms with Crippen molar-refractivity contribution in [3.8, 4) is 0 Å². The van der Waals surface area contributed by atoms with Gasteiger partial charge in [-0.05, 0) is 43.9 Å². The van der Waals surface area contributed by atoms with Crippen molar-refractivity contribution in [1.82, 2.24) is 14.8 Å². The maximum atomic E-state index is 15.1. The lowest BCUT2D eigenvalue weighted by molar-refractivity contribution is -0.152. The highest BCUT2D eigenvalue weighted by Gasteiger charge is 2.61. The molecule has 38 heavy (non-hydrogen) atoms. The standard InChI is InChI=1S/C27H31F3N4O4/c1-5-10-26(30)13-27(14-26,25(38)33(3)4)32-24(37)22(35)20-15(2)21(34-11-6-7-19(20)34)23(36)31-16-8-9-17(28)18(29)12-16/h8-9,12H,5-7,10-11,13-14H2,1-4H3,(H,31,36)(H,32,37). The average molecular weight is 533 g/mol. The molecule has 2 heterocycles. The number of hydrogen-bond acceptors (Lipinski definition) is 4. The van der Waals surface area contributed by atoms with Crippen molar-refractivity contribution >= 4 is 29.2 Å². The van der Waals surface area contributed by atoms with E-state index in [4.69, 9.17) is 0 Å². The lowest BCUT2D eigenvalue weighted by Gasteiger charge is -2.51. The minimum absolute atomic E-state index is 0.0309. The number of carbonyl (C=O) groups is 4. The number of nitrogens with one attached hydrogen (secondary N) is 2. The summed E-state index contributed by atoms with van der Waals surface area (Å²) in [6.07, 6.45) is 1.44. The van der Waals surface area contributed by atoms with E-state index in [9.17, 15) is 28.0 Å². The molecule has 2 N–H and O–H groups in total. The molecule has 11 heteroatoms. The highest BCUT2D eigenvalue weighted by molar-refractivity contribution is 6.44. The third-order valence-electron chi connectivity index (χ3n) is 7.34. The number of fused-ring (bicyclic) bond motifs is 1. The molecule has 1 aromatic heterocycles. The van der Waals surface area contributed by atoms with E-state index in [0.29, 0.717) is 31.5 Å². The van der Waals surface area contributed by atoms with E-state index in [1.807, 2.05) is 6.92 Å². The van der Waals surface area contributed by atoms with Crippen molar-refractivity contribution < 1.29 is 32.3 Å². The molecule has 8 nitrogen and oxygen atoms in total. The normalized spacial score (nSPS) is 21.9. The van der Waals surface area contributed by atoms with Crippen LogP contribution < -0.4 is 10.6 Å². The summed E-state index contributed by atoms with van der Waals surface area (Å²) in [5.41, 5.74) is -2.14. The zero-order valence-electron chi connectivity index (χ0n) is 21.8. The first kappa shape index (κ1) is 27.4. The smallest absolute Gasteiger partial charge is 0.293 e. The first-order valence-electron chi connectivity index (χ1n) is 12.6. The molecule has 1 fully saturated rings. The number of benzene rings is 1. The molecule has 0 radical (unpaired) electrons. The Morgan fingerprint density at radius 2 is 1.79 bits per heavy atom. The molecule has 0 unspecified atom stereocenters. The number of halogens is 3. The Morgan fingerprint density at radius 1 is 1.11 bits per heavy atom. The molecule has 3 amide bonds. The van der Waals surface area contributed by atoms with Crippen LogP contribution in [0.15, 0.2) is 18.2 Å². The summed E-state index contributed by atoms with van der Waals surface area (Å²) in [4.78, 5) is 53.9. The van der Waals surface area contributed by atoms with Crippen molar-refractivity contribution in [2.45, 2.75) is 70.1 Å². The van der Waals surface area contributed by atoms with E-state index in [0.717, 1.165) is 12.1 Å². The summed E-state index contributed by atoms with van der Waals surface area (Å²) in [5.74, 6) is -5.28. The molecule has 2 aliphatic rings. The number of nitrogens with zero attached hydrogens (tertiary/aromatic N) is 2. The lowest BCUT2D eigenvalue weighted by atomic mass is 9.63. The maximum absolute atomic E-state index is 15.1. The van der Waals surface area contributed by atoms with Crippen LogP contribution in [0.25, 0.3) is 0 Å². The Kier molecular flexibility index (Phi) is 7.15. The van der Waals surface area contributed by atoms with Gasteiger partial charge in [0.05, 0.1) is 5.56 Å². The number of Topliss-reactive ketones (excluding diaryl/α,β-unsaturated/α-hetero) is 1. The van der Waals surface area contributed by atoms with E-state index in [1.54, 1.807) is 4.57 Å². The summed E-state index contributed by atoms with van der Waals surface area (Å²) < 4.78 is 43.6. The minimum Gasteiger partial charge on any atom is -0.347 e. The molecule has 0 atom stereocenters. The average Bonchev–Trinajstić information content (AvgIpc) is 3.38. The molecule has 1 aliphatic carbocycles. The van der Waals surface area contributed by atoms with Gasteiger partial charge in [-0.1, -0.05) is 13.3 Å². The zero-order chi connectivity index (χ0) is 28.0. The third-order valence-corrected chi connectivity index (χ3v) is 7.34. The van der Waals surface area contributed by atoms with Crippen LogP contribution in [0, 0.1) is 18.6 Å². The number of alkyl halides is 1. The van der Waals surface area contributed by atoms with Gasteiger partial charge in [0.25, 0.3) is 17.6 Å². The van der Waals surface area contributed by atoms with Crippen LogP contribution in [-0.4, -0.2) is 58.3 Å². The molecule has 1 aromatic carbocycles. The lowest BCUT2D eigenvalue weighted by Crippen LogP contribution is -2.70. The molecule has 0 saturated heterocycles. The maximum Gasteiger partial charge on any atom is 0.293 e. The van der Waals surface area contributed by atoms with Gasteiger partial charge in [-0.3, -0.25) is 19.2 Å². The van der Waals surface area contributed by atoms with Gasteiger partial charge in [-0.2, -0.15) is 0 Å². The first-order chi connectivity index (χ1) is 17.8. The van der Waals surface area contributed by atoms with Crippen LogP contribution in [0.3, 0.4) is 0 Å². The topological polar surface area (TPSA) is 101 Å². The molecule has 0 bridgehead atoms. The van der Waals surface area contributed by atoms with Gasteiger partial charge >= 0.3 is 0 Å². The van der Waals surface area contributed by atoms with Crippen LogP contribution in [-0.2, 0) is 22.6 Å². The quantitative estimate of drug-likeness (QED) is 0.400. The highest BCUT2D eigenvalue weighted by atomic mass is 19.2. The molecular formula is C27H31F3N4O4. The predicted molar refractivity (Wildman–Crippen MR) is 134 cm³/mol. The summed E-state index contributed by atoms with van der Waals surface area (Å²) in [6, 6.07) is 2.94. The minimum atomic E-state index is -1.60. The van der Waals surface area contributed by atoms with E-state index >= 15 is 4.39 Å². The van der Waals surface area contributed by atoms with E-state index < -0.39 is 46.3 Å². The van der Waals surface area contributed by atoms with Crippen LogP contribution in [0.1, 0.15) is 71.1 Å². The second-order valence-corrected chi connectivity index (χ2v) is 10.5. The second-order valence-electron chi connectivity index (χ2n) is 10.5. The van der Waals surface area contributed by atoms with Gasteiger partial charge in [0.15, 0.2) is 11.6 Å². The van der Waals surface area contributed by atoms with Gasteiger partial charge in [0, 0.05) is 50.9 Å². The second kappa shape index (κ2) is 9.92. The summed E-state index contributed by atoms with van der Waals surface area (Å²) in [5, 5.41) is 5.04. The van der Waals surface area contributed by atoms with Crippen molar-refractivity contribution in [2.75, 3.05) is 19.4 Å². The first-order valence-corrected chi connectivity index (χ1v) is 12.6. The van der Waals surface area contributed by atoms with Crippen LogP contribution in [0.4, 0.5) is 18.9 Å². The number of rotatable bonds is 8. The Morgan fingerprint density at radius 3 is 2.39 bits per heavy atom. The van der Waals surface area contributed by atoms with E-state index in [-0.39, 0.29) is 41.8 Å². The number of likely N-dealkylation sites (N-methyl/N-ethyl adjacent to an activating group) is 1. The van der Waals surface area contributed by atoms with Crippen LogP contribution >= 0.6 is 0 Å². The van der Waals surface area contributed by atoms with Crippen molar-refractivity contribution in [1.29, 1.82) is 0 Å². The summed E-state index contributed by atoms with van der Waals surface area (Å²) in [6.45, 7) is 3.79. The summed E-state index contributed by atoms with van der Waals surface area (Å²) in [7, 11) is 3.00. The fraction of sp³-hybridized carbons (Fsp3) is 0.481. The van der Waals surface area contributed by atoms with Gasteiger partial charge in [-0.25, -0.2) is 13.2 Å². The van der Waals surface area contributed by atoms with Crippen molar-refractivity contribution in [3.05, 3.63) is 52.3 Å². The van der Waals surface area contributed by atoms with Gasteiger partial charge in [-0.15, -0.1) is 0 Å². The largest absolute Gasteiger partial charge is 0.347 e. The number of ketones is 1. The number of amides is 3. The number of hydrogen-bond donors (Lipinski definition) is 2. The van der Waals surface area contributed by atoms with E-state index in [1.165, 1.54) is 32.0 Å². The summed E-state index contributed by atoms with van der Waals surface area (Å²) >= 11 is 0. The Labute approximate surface area is 218 Å². The number of aromatic nitrogens is 1. The molecule has 204 valence electrons. The fourth-order valence-electron chi connectivity index (χ4n) is 5.84. The van der Waals surface area contributed by atoms with Crippen LogP contribution in [0.5, 0.6) is 0 Å². The van der Waals surface area contributed by atoms with Gasteiger partial charge in [0.1, 0.15) is 16.9 Å². The fourth-order valence-corrected chi connectivity index (χ4v) is 5.84. The monoisotopic (exact) mass is 532 g/mol. The van der Waals surface area contributed by atoms with Crippen molar-refractivity contribution in [3.63, 3.8) is 0 Å². The van der Waals surface area contributed by atoms with Crippen molar-refractivity contribution in [2.24, 2.45) is 0 Å². The predicted octanol–water partition coefficient (Wildman–Crippen LogP) is 3.70. The Balaban J connectivity index is 1.61. The van der Waals surface area contributed by atoms with Crippen LogP contribution in [0.2, 0.25) is 0 Å². The Bertz CT molecular complexity index is 1330. The number of carbonyl (C=O) groups excluding carboxylic acids is 4. The number of anilines is 1.